The van der Waals surface area contributed by atoms with Crippen LogP contribution in [0.4, 0.5) is 0 Å². The molecule has 0 unspecified atom stereocenters. The van der Waals surface area contributed by atoms with Crippen molar-refractivity contribution in [2.24, 2.45) is 7.05 Å². The van der Waals surface area contributed by atoms with Gasteiger partial charge in [-0.25, -0.2) is 4.57 Å². The van der Waals surface area contributed by atoms with E-state index >= 15 is 0 Å². The molecule has 5 heteroatoms. The minimum absolute atomic E-state index is 0. The van der Waals surface area contributed by atoms with E-state index in [0.717, 1.165) is 22.0 Å². The first-order valence-corrected chi connectivity index (χ1v) is 7.45. The van der Waals surface area contributed by atoms with E-state index in [1.807, 2.05) is 53.0 Å². The quantitative estimate of drug-likeness (QED) is 0.325. The zero-order valence-corrected chi connectivity index (χ0v) is 15.8. The van der Waals surface area contributed by atoms with Crippen LogP contribution >= 0.6 is 0 Å². The largest absolute Gasteiger partial charge is 1.00 e. The Morgan fingerprint density at radius 3 is 2.58 bits per heavy atom. The van der Waals surface area contributed by atoms with Crippen molar-refractivity contribution >= 4 is 29.0 Å². The van der Waals surface area contributed by atoms with Crippen molar-refractivity contribution < 1.29 is 38.1 Å². The van der Waals surface area contributed by atoms with Gasteiger partial charge in [-0.3, -0.25) is 4.79 Å². The lowest BCUT2D eigenvalue weighted by Crippen LogP contribution is -3.00. The van der Waals surface area contributed by atoms with Crippen molar-refractivity contribution in [1.82, 2.24) is 4.57 Å². The molecule has 0 atom stereocenters. The van der Waals surface area contributed by atoms with E-state index < -0.39 is 0 Å². The number of benzene rings is 1. The Kier molecular flexibility index (Phi) is 6.14. The number of hydrogen-bond donors (Lipinski definition) is 0. The first-order valence-electron chi connectivity index (χ1n) is 7.45. The van der Waals surface area contributed by atoms with Gasteiger partial charge in [-0.05, 0) is 11.6 Å². The third-order valence-electron chi connectivity index (χ3n) is 3.81. The zero-order valence-electron chi connectivity index (χ0n) is 13.6. The number of aryl methyl sites for hydroxylation is 1. The number of nitrogens with zero attached hydrogens (tertiary/aromatic N) is 2. The average molecular weight is 434 g/mol. The van der Waals surface area contributed by atoms with Crippen molar-refractivity contribution in [3.63, 3.8) is 0 Å². The molecule has 0 fully saturated rings. The van der Waals surface area contributed by atoms with Crippen LogP contribution in [-0.2, 0) is 23.1 Å². The fourth-order valence-electron chi connectivity index (χ4n) is 2.55. The minimum Gasteiger partial charge on any atom is -1.00 e. The lowest BCUT2D eigenvalue weighted by Gasteiger charge is -2.02. The summed E-state index contributed by atoms with van der Waals surface area (Å²) < 4.78 is 8.69. The third-order valence-corrected chi connectivity index (χ3v) is 3.81. The highest BCUT2D eigenvalue weighted by Crippen LogP contribution is 2.23. The molecular formula is C19H19IN2O2. The predicted molar refractivity (Wildman–Crippen MR) is 90.5 cm³/mol. The van der Waals surface area contributed by atoms with Crippen molar-refractivity contribution in [1.29, 1.82) is 0 Å². The molecule has 0 radical (unpaired) electrons. The number of hydrogen-bond acceptors (Lipinski definition) is 2. The normalized spacial score (nSPS) is 10.8. The summed E-state index contributed by atoms with van der Waals surface area (Å²) in [6.45, 7) is 0.214. The Labute approximate surface area is 158 Å². The second-order valence-corrected chi connectivity index (χ2v) is 5.44. The van der Waals surface area contributed by atoms with Crippen molar-refractivity contribution in [3.05, 3.63) is 66.1 Å². The summed E-state index contributed by atoms with van der Waals surface area (Å²) in [5, 5.41) is 1.12. The molecule has 24 heavy (non-hydrogen) atoms. The molecule has 0 amide bonds. The summed E-state index contributed by atoms with van der Waals surface area (Å²) in [5.41, 5.74) is 3.24. The number of ether oxygens (including phenoxy) is 1. The van der Waals surface area contributed by atoms with Crippen LogP contribution in [0, 0.1) is 0 Å². The van der Waals surface area contributed by atoms with Crippen LogP contribution in [0.5, 0.6) is 0 Å². The van der Waals surface area contributed by atoms with Gasteiger partial charge in [0, 0.05) is 34.8 Å². The van der Waals surface area contributed by atoms with Gasteiger partial charge in [0.1, 0.15) is 13.6 Å². The summed E-state index contributed by atoms with van der Waals surface area (Å²) >= 11 is 0. The number of rotatable bonds is 4. The van der Waals surface area contributed by atoms with Gasteiger partial charge >= 0.3 is 5.97 Å². The molecule has 1 aromatic carbocycles. The zero-order chi connectivity index (χ0) is 16.2. The molecule has 0 saturated heterocycles. The Bertz CT molecular complexity index is 867. The number of pyridine rings is 1. The van der Waals surface area contributed by atoms with Crippen LogP contribution in [0.15, 0.2) is 55.0 Å². The van der Waals surface area contributed by atoms with Crippen molar-refractivity contribution in [2.45, 2.75) is 6.54 Å². The van der Waals surface area contributed by atoms with Gasteiger partial charge in [0.05, 0.1) is 7.11 Å². The van der Waals surface area contributed by atoms with Gasteiger partial charge in [-0.2, -0.15) is 0 Å². The molecule has 0 bridgehead atoms. The molecular weight excluding hydrogens is 415 g/mol. The lowest BCUT2D eigenvalue weighted by atomic mass is 10.1. The molecule has 0 aliphatic heterocycles. The van der Waals surface area contributed by atoms with E-state index in [2.05, 4.69) is 30.4 Å². The maximum absolute atomic E-state index is 11.6. The lowest BCUT2D eigenvalue weighted by molar-refractivity contribution is -0.671. The van der Waals surface area contributed by atoms with Crippen molar-refractivity contribution in [2.75, 3.05) is 7.11 Å². The van der Waals surface area contributed by atoms with Crippen LogP contribution < -0.4 is 28.5 Å². The second-order valence-electron chi connectivity index (χ2n) is 5.44. The average Bonchev–Trinajstić information content (AvgIpc) is 2.92. The van der Waals surface area contributed by atoms with Gasteiger partial charge in [0.25, 0.3) is 0 Å². The molecule has 0 saturated carbocycles. The first-order chi connectivity index (χ1) is 11.2. The highest BCUT2D eigenvalue weighted by molar-refractivity contribution is 5.92. The Balaban J connectivity index is 0.00000208. The summed E-state index contributed by atoms with van der Waals surface area (Å²) in [7, 11) is 3.40. The molecule has 2 aromatic heterocycles. The van der Waals surface area contributed by atoms with Crippen LogP contribution in [0.3, 0.4) is 0 Å². The minimum atomic E-state index is -0.253. The van der Waals surface area contributed by atoms with E-state index in [4.69, 9.17) is 4.74 Å². The first kappa shape index (κ1) is 18.2. The number of para-hydroxylation sites is 1. The van der Waals surface area contributed by atoms with E-state index in [1.54, 1.807) is 0 Å². The number of carbonyl (C=O) groups is 1. The third kappa shape index (κ3) is 4.03. The van der Waals surface area contributed by atoms with Crippen molar-refractivity contribution in [3.8, 4) is 0 Å². The number of esters is 1. The van der Waals surface area contributed by atoms with Crippen LogP contribution in [0.25, 0.3) is 23.1 Å². The Morgan fingerprint density at radius 2 is 1.88 bits per heavy atom. The number of halogens is 1. The van der Waals surface area contributed by atoms with Gasteiger partial charge in [0.15, 0.2) is 12.4 Å². The maximum Gasteiger partial charge on any atom is 0.325 e. The molecule has 124 valence electrons. The topological polar surface area (TPSA) is 35.1 Å². The van der Waals surface area contributed by atoms with Gasteiger partial charge < -0.3 is 33.3 Å². The molecule has 4 nitrogen and oxygen atoms in total. The number of methoxy groups -OCH3 is 1. The second kappa shape index (κ2) is 8.10. The monoisotopic (exact) mass is 434 g/mol. The van der Waals surface area contributed by atoms with Crippen LogP contribution in [0.2, 0.25) is 0 Å². The van der Waals surface area contributed by atoms with Gasteiger partial charge in [-0.1, -0.05) is 30.4 Å². The van der Waals surface area contributed by atoms with E-state index in [0.29, 0.717) is 0 Å². The molecule has 0 N–H and O–H groups in total. The van der Waals surface area contributed by atoms with E-state index in [1.165, 1.54) is 7.11 Å². The summed E-state index contributed by atoms with van der Waals surface area (Å²) in [6.07, 6.45) is 10.2. The molecule has 2 heterocycles. The fraction of sp³-hybridized carbons (Fsp3) is 0.158. The Hall–Kier alpha value is -2.15. The van der Waals surface area contributed by atoms with Gasteiger partial charge in [0.2, 0.25) is 0 Å². The molecule has 0 spiro atoms. The highest BCUT2D eigenvalue weighted by Gasteiger charge is 2.09. The van der Waals surface area contributed by atoms with Crippen LogP contribution in [-0.4, -0.2) is 17.6 Å². The highest BCUT2D eigenvalue weighted by atomic mass is 127. The van der Waals surface area contributed by atoms with E-state index in [-0.39, 0.29) is 36.5 Å². The molecule has 3 rings (SSSR count). The number of fused-ring (bicyclic) bond motifs is 1. The fourth-order valence-corrected chi connectivity index (χ4v) is 2.55. The SMILES string of the molecule is COC(=O)Cn1cc(/C=C/c2cc[n+](C)cc2)c2ccccc21.[I-]. The summed E-state index contributed by atoms with van der Waals surface area (Å²) in [5.74, 6) is -0.253. The smallest absolute Gasteiger partial charge is 0.325 e. The summed E-state index contributed by atoms with van der Waals surface area (Å²) in [6, 6.07) is 12.2. The maximum atomic E-state index is 11.6. The molecule has 0 aliphatic rings. The number of aromatic nitrogens is 2. The van der Waals surface area contributed by atoms with E-state index in [9.17, 15) is 4.79 Å². The summed E-state index contributed by atoms with van der Waals surface area (Å²) in [4.78, 5) is 11.6. The van der Waals surface area contributed by atoms with Gasteiger partial charge in [-0.15, -0.1) is 0 Å². The predicted octanol–water partition coefficient (Wildman–Crippen LogP) is -0.187. The standard InChI is InChI=1S/C19H19N2O2.HI/c1-20-11-9-15(10-12-20)7-8-16-13-21(14-19(22)23-2)18-6-4-3-5-17(16)18;/h3-13H,14H2,1-2H3;1H/q+1;/p-1. The van der Waals surface area contributed by atoms with Crippen LogP contribution in [0.1, 0.15) is 11.1 Å². The number of carbonyl (C=O) groups excluding carboxylic acids is 1. The Morgan fingerprint density at radius 1 is 1.17 bits per heavy atom. The molecule has 0 aliphatic carbocycles. The molecule has 3 aromatic rings.